The summed E-state index contributed by atoms with van der Waals surface area (Å²) in [5.74, 6) is 1.06. The molecule has 2 aromatic rings. The van der Waals surface area contributed by atoms with Crippen molar-refractivity contribution in [2.24, 2.45) is 0 Å². The largest absolute Gasteiger partial charge is 0.393 e. The van der Waals surface area contributed by atoms with E-state index in [2.05, 4.69) is 10.4 Å². The van der Waals surface area contributed by atoms with Crippen LogP contribution in [0.25, 0.3) is 5.69 Å². The molecule has 1 aromatic carbocycles. The lowest BCUT2D eigenvalue weighted by Gasteiger charge is -2.29. The van der Waals surface area contributed by atoms with Gasteiger partial charge in [0.15, 0.2) is 0 Å². The van der Waals surface area contributed by atoms with Gasteiger partial charge < -0.3 is 10.4 Å². The van der Waals surface area contributed by atoms with Crippen molar-refractivity contribution in [1.29, 1.82) is 0 Å². The van der Waals surface area contributed by atoms with Crippen LogP contribution in [0, 0.1) is 0 Å². The van der Waals surface area contributed by atoms with E-state index >= 15 is 0 Å². The van der Waals surface area contributed by atoms with Crippen molar-refractivity contribution in [3.05, 3.63) is 41.0 Å². The maximum atomic E-state index is 9.43. The summed E-state index contributed by atoms with van der Waals surface area (Å²) in [6, 6.07) is 9.89. The summed E-state index contributed by atoms with van der Waals surface area (Å²) in [6.07, 6.45) is 1.28. The SMILES string of the molecule is CNc1c(Cl)c(C2CC(O)C2)nn1-c1ccccc1. The number of nitrogens with zero attached hydrogens (tertiary/aromatic N) is 2. The molecule has 3 rings (SSSR count). The van der Waals surface area contributed by atoms with E-state index in [1.807, 2.05) is 42.1 Å². The normalized spacial score (nSPS) is 22.1. The van der Waals surface area contributed by atoms with Gasteiger partial charge >= 0.3 is 0 Å². The van der Waals surface area contributed by atoms with Crippen molar-refractivity contribution in [2.75, 3.05) is 12.4 Å². The van der Waals surface area contributed by atoms with Gasteiger partial charge in [0.1, 0.15) is 10.8 Å². The molecule has 0 unspecified atom stereocenters. The molecule has 5 heteroatoms. The quantitative estimate of drug-likeness (QED) is 0.907. The van der Waals surface area contributed by atoms with Gasteiger partial charge in [0.2, 0.25) is 0 Å². The van der Waals surface area contributed by atoms with Crippen LogP contribution in [0.2, 0.25) is 5.02 Å². The van der Waals surface area contributed by atoms with Crippen LogP contribution in [-0.4, -0.2) is 28.0 Å². The predicted molar refractivity (Wildman–Crippen MR) is 76.1 cm³/mol. The summed E-state index contributed by atoms with van der Waals surface area (Å²) in [7, 11) is 1.84. The van der Waals surface area contributed by atoms with Gasteiger partial charge in [-0.15, -0.1) is 0 Å². The number of aliphatic hydroxyl groups excluding tert-OH is 1. The summed E-state index contributed by atoms with van der Waals surface area (Å²) in [6.45, 7) is 0. The van der Waals surface area contributed by atoms with Crippen LogP contribution in [0.3, 0.4) is 0 Å². The van der Waals surface area contributed by atoms with Crippen molar-refractivity contribution in [1.82, 2.24) is 9.78 Å². The molecule has 4 nitrogen and oxygen atoms in total. The van der Waals surface area contributed by atoms with Gasteiger partial charge in [-0.3, -0.25) is 0 Å². The minimum atomic E-state index is -0.207. The first kappa shape index (κ1) is 12.5. The smallest absolute Gasteiger partial charge is 0.148 e. The van der Waals surface area contributed by atoms with E-state index in [-0.39, 0.29) is 12.0 Å². The first-order valence-electron chi connectivity index (χ1n) is 6.40. The Morgan fingerprint density at radius 3 is 2.58 bits per heavy atom. The van der Waals surface area contributed by atoms with Crippen LogP contribution < -0.4 is 5.32 Å². The number of hydrogen-bond acceptors (Lipinski definition) is 3. The molecule has 0 atom stereocenters. The van der Waals surface area contributed by atoms with E-state index in [0.717, 1.165) is 30.0 Å². The Balaban J connectivity index is 2.03. The van der Waals surface area contributed by atoms with Gasteiger partial charge in [-0.25, -0.2) is 4.68 Å². The van der Waals surface area contributed by atoms with E-state index in [1.54, 1.807) is 0 Å². The Kier molecular flexibility index (Phi) is 3.21. The number of halogens is 1. The highest BCUT2D eigenvalue weighted by Crippen LogP contribution is 2.42. The Morgan fingerprint density at radius 2 is 2.00 bits per heavy atom. The van der Waals surface area contributed by atoms with E-state index in [9.17, 15) is 5.11 Å². The monoisotopic (exact) mass is 277 g/mol. The lowest BCUT2D eigenvalue weighted by atomic mass is 9.80. The number of anilines is 1. The minimum absolute atomic E-state index is 0.207. The Hall–Kier alpha value is -1.52. The van der Waals surface area contributed by atoms with E-state index in [4.69, 9.17) is 11.6 Å². The average molecular weight is 278 g/mol. The molecule has 0 aliphatic heterocycles. The van der Waals surface area contributed by atoms with Crippen molar-refractivity contribution in [2.45, 2.75) is 24.9 Å². The van der Waals surface area contributed by atoms with Gasteiger partial charge in [-0.1, -0.05) is 29.8 Å². The third-order valence-corrected chi connectivity index (χ3v) is 3.96. The van der Waals surface area contributed by atoms with Crippen LogP contribution in [0.5, 0.6) is 0 Å². The molecule has 1 aliphatic carbocycles. The summed E-state index contributed by atoms with van der Waals surface area (Å²) >= 11 is 6.41. The first-order valence-corrected chi connectivity index (χ1v) is 6.78. The maximum Gasteiger partial charge on any atom is 0.148 e. The van der Waals surface area contributed by atoms with Crippen LogP contribution in [-0.2, 0) is 0 Å². The number of para-hydroxylation sites is 1. The maximum absolute atomic E-state index is 9.43. The number of aromatic nitrogens is 2. The minimum Gasteiger partial charge on any atom is -0.393 e. The molecule has 0 spiro atoms. The predicted octanol–water partition coefficient (Wildman–Crippen LogP) is 2.81. The van der Waals surface area contributed by atoms with Gasteiger partial charge in [0, 0.05) is 13.0 Å². The third-order valence-electron chi connectivity index (χ3n) is 3.59. The highest BCUT2D eigenvalue weighted by molar-refractivity contribution is 6.33. The first-order chi connectivity index (χ1) is 9.20. The molecule has 1 aromatic heterocycles. The van der Waals surface area contributed by atoms with E-state index < -0.39 is 0 Å². The highest BCUT2D eigenvalue weighted by atomic mass is 35.5. The second-order valence-electron chi connectivity index (χ2n) is 4.87. The molecule has 0 amide bonds. The molecule has 100 valence electrons. The third kappa shape index (κ3) is 2.11. The molecular formula is C14H16ClN3O. The molecule has 1 saturated carbocycles. The van der Waals surface area contributed by atoms with E-state index in [1.165, 1.54) is 0 Å². The molecular weight excluding hydrogens is 262 g/mol. The molecule has 0 radical (unpaired) electrons. The Morgan fingerprint density at radius 1 is 1.32 bits per heavy atom. The lowest BCUT2D eigenvalue weighted by molar-refractivity contribution is 0.0731. The molecule has 1 aliphatic rings. The Bertz CT molecular complexity index is 576. The van der Waals surface area contributed by atoms with Crippen molar-refractivity contribution < 1.29 is 5.11 Å². The fraction of sp³-hybridized carbons (Fsp3) is 0.357. The number of nitrogens with one attached hydrogen (secondary N) is 1. The zero-order chi connectivity index (χ0) is 13.4. The Labute approximate surface area is 117 Å². The number of rotatable bonds is 3. The van der Waals surface area contributed by atoms with Crippen LogP contribution in [0.15, 0.2) is 30.3 Å². The average Bonchev–Trinajstić information content (AvgIpc) is 2.73. The van der Waals surface area contributed by atoms with Crippen molar-refractivity contribution >= 4 is 17.4 Å². The summed E-state index contributed by atoms with van der Waals surface area (Å²) in [5.41, 5.74) is 1.85. The van der Waals surface area contributed by atoms with Crippen LogP contribution in [0.1, 0.15) is 24.5 Å². The molecule has 2 N–H and O–H groups in total. The zero-order valence-corrected chi connectivity index (χ0v) is 11.4. The molecule has 1 fully saturated rings. The van der Waals surface area contributed by atoms with Crippen molar-refractivity contribution in [3.8, 4) is 5.69 Å². The van der Waals surface area contributed by atoms with Gasteiger partial charge in [-0.05, 0) is 25.0 Å². The molecule has 1 heterocycles. The fourth-order valence-electron chi connectivity index (χ4n) is 2.46. The summed E-state index contributed by atoms with van der Waals surface area (Å²) in [4.78, 5) is 0. The summed E-state index contributed by atoms with van der Waals surface area (Å²) < 4.78 is 1.82. The number of hydrogen-bond donors (Lipinski definition) is 2. The zero-order valence-electron chi connectivity index (χ0n) is 10.7. The molecule has 0 bridgehead atoms. The lowest BCUT2D eigenvalue weighted by Crippen LogP contribution is -2.27. The number of benzene rings is 1. The second-order valence-corrected chi connectivity index (χ2v) is 5.25. The van der Waals surface area contributed by atoms with E-state index in [0.29, 0.717) is 5.02 Å². The van der Waals surface area contributed by atoms with Gasteiger partial charge in [-0.2, -0.15) is 5.10 Å². The van der Waals surface area contributed by atoms with Crippen LogP contribution >= 0.6 is 11.6 Å². The van der Waals surface area contributed by atoms with Crippen molar-refractivity contribution in [3.63, 3.8) is 0 Å². The molecule has 0 saturated heterocycles. The standard InChI is InChI=1S/C14H16ClN3O/c1-16-14-12(15)13(9-7-11(19)8-9)17-18(14)10-5-3-2-4-6-10/h2-6,9,11,16,19H,7-8H2,1H3. The molecule has 19 heavy (non-hydrogen) atoms. The van der Waals surface area contributed by atoms with Gasteiger partial charge in [0.05, 0.1) is 17.5 Å². The van der Waals surface area contributed by atoms with Crippen LogP contribution in [0.4, 0.5) is 5.82 Å². The topological polar surface area (TPSA) is 50.1 Å². The fourth-order valence-corrected chi connectivity index (χ4v) is 2.83. The summed E-state index contributed by atoms with van der Waals surface area (Å²) in [5, 5.41) is 17.8. The number of aliphatic hydroxyl groups is 1. The second kappa shape index (κ2) is 4.87. The highest BCUT2D eigenvalue weighted by Gasteiger charge is 2.33. The van der Waals surface area contributed by atoms with Gasteiger partial charge in [0.25, 0.3) is 0 Å².